The van der Waals surface area contributed by atoms with E-state index in [0.717, 1.165) is 5.56 Å². The Bertz CT molecular complexity index is 1410. The normalized spacial score (nSPS) is 14.9. The molecule has 2 heterocycles. The van der Waals surface area contributed by atoms with Crippen molar-refractivity contribution in [3.8, 4) is 5.75 Å². The molecule has 1 atom stereocenters. The lowest BCUT2D eigenvalue weighted by Crippen LogP contribution is -2.13. The van der Waals surface area contributed by atoms with Crippen LogP contribution in [0, 0.1) is 0 Å². The van der Waals surface area contributed by atoms with Gasteiger partial charge in [0.05, 0.1) is 5.39 Å². The molecule has 1 aliphatic rings. The Hall–Kier alpha value is -4.52. The molecule has 0 aliphatic carbocycles. The molecule has 0 fully saturated rings. The van der Waals surface area contributed by atoms with Gasteiger partial charge in [-0.3, -0.25) is 9.59 Å². The first-order chi connectivity index (χ1) is 16.1. The van der Waals surface area contributed by atoms with Gasteiger partial charge in [-0.25, -0.2) is 0 Å². The number of anilines is 1. The van der Waals surface area contributed by atoms with E-state index in [-0.39, 0.29) is 28.4 Å². The Morgan fingerprint density at radius 1 is 0.970 bits per heavy atom. The van der Waals surface area contributed by atoms with Crippen LogP contribution in [0.2, 0.25) is 0 Å². The fourth-order valence-electron chi connectivity index (χ4n) is 3.56. The van der Waals surface area contributed by atoms with Crippen LogP contribution < -0.4 is 10.7 Å². The van der Waals surface area contributed by atoms with Crippen LogP contribution in [0.25, 0.3) is 16.7 Å². The third kappa shape index (κ3) is 4.16. The van der Waals surface area contributed by atoms with E-state index in [1.165, 1.54) is 12.3 Å². The molecule has 0 saturated carbocycles. The van der Waals surface area contributed by atoms with E-state index in [4.69, 9.17) is 13.9 Å². The lowest BCUT2D eigenvalue weighted by molar-refractivity contribution is -0.0146. The van der Waals surface area contributed by atoms with Crippen LogP contribution >= 0.6 is 0 Å². The van der Waals surface area contributed by atoms with Gasteiger partial charge in [0.1, 0.15) is 11.8 Å². The SMILES string of the molecule is O=C(Nc1ccc2oc(C3=COC(Cc4ccccc4)O3)c(O)c(=O)c2c1)c1ccccc1. The summed E-state index contributed by atoms with van der Waals surface area (Å²) in [4.78, 5) is 25.2. The lowest BCUT2D eigenvalue weighted by Gasteiger charge is -2.12. The topological polar surface area (TPSA) is 98.0 Å². The number of nitrogens with one attached hydrogen (secondary N) is 1. The van der Waals surface area contributed by atoms with Gasteiger partial charge in [-0.15, -0.1) is 0 Å². The minimum absolute atomic E-state index is 0.107. The highest BCUT2D eigenvalue weighted by Gasteiger charge is 2.27. The number of hydrogen-bond donors (Lipinski definition) is 2. The Balaban J connectivity index is 1.38. The number of amides is 1. The standard InChI is InChI=1S/C26H19NO6/c28-23-19-14-18(27-26(30)17-9-5-2-6-10-17)11-12-20(19)33-25(24(23)29)21-15-31-22(32-21)13-16-7-3-1-4-8-16/h1-12,14-15,22,29H,13H2,(H,27,30). The predicted octanol–water partition coefficient (Wildman–Crippen LogP) is 4.66. The molecule has 0 saturated heterocycles. The quantitative estimate of drug-likeness (QED) is 0.467. The van der Waals surface area contributed by atoms with Gasteiger partial charge in [-0.2, -0.15) is 0 Å². The summed E-state index contributed by atoms with van der Waals surface area (Å²) in [6, 6.07) is 23.0. The zero-order valence-corrected chi connectivity index (χ0v) is 17.4. The molecule has 1 amide bonds. The molecule has 33 heavy (non-hydrogen) atoms. The van der Waals surface area contributed by atoms with E-state index >= 15 is 0 Å². The highest BCUT2D eigenvalue weighted by Crippen LogP contribution is 2.33. The number of hydrogen-bond acceptors (Lipinski definition) is 6. The van der Waals surface area contributed by atoms with Crippen molar-refractivity contribution in [3.05, 3.63) is 112 Å². The van der Waals surface area contributed by atoms with Gasteiger partial charge < -0.3 is 24.3 Å². The van der Waals surface area contributed by atoms with Crippen molar-refractivity contribution >= 4 is 28.3 Å². The second kappa shape index (κ2) is 8.55. The van der Waals surface area contributed by atoms with Gasteiger partial charge in [0, 0.05) is 17.7 Å². The molecule has 7 nitrogen and oxygen atoms in total. The fraction of sp³-hybridized carbons (Fsp3) is 0.0769. The molecule has 3 aromatic carbocycles. The summed E-state index contributed by atoms with van der Waals surface area (Å²) in [6.07, 6.45) is 1.22. The highest BCUT2D eigenvalue weighted by atomic mass is 16.7. The summed E-state index contributed by atoms with van der Waals surface area (Å²) in [6.45, 7) is 0. The average Bonchev–Trinajstić information content (AvgIpc) is 3.31. The summed E-state index contributed by atoms with van der Waals surface area (Å²) in [5, 5.41) is 13.4. The third-order valence-corrected chi connectivity index (χ3v) is 5.21. The van der Waals surface area contributed by atoms with E-state index < -0.39 is 17.5 Å². The van der Waals surface area contributed by atoms with E-state index in [1.807, 2.05) is 36.4 Å². The third-order valence-electron chi connectivity index (χ3n) is 5.21. The average molecular weight is 441 g/mol. The summed E-state index contributed by atoms with van der Waals surface area (Å²) in [5.74, 6) is -0.881. The van der Waals surface area contributed by atoms with Crippen LogP contribution in [0.4, 0.5) is 5.69 Å². The fourth-order valence-corrected chi connectivity index (χ4v) is 3.56. The molecular weight excluding hydrogens is 422 g/mol. The number of fused-ring (bicyclic) bond motifs is 1. The first-order valence-electron chi connectivity index (χ1n) is 10.3. The number of ether oxygens (including phenoxy) is 2. The number of carbonyl (C=O) groups excluding carboxylic acids is 1. The molecule has 4 aromatic rings. The number of rotatable bonds is 5. The maximum atomic E-state index is 12.8. The van der Waals surface area contributed by atoms with Crippen molar-refractivity contribution < 1.29 is 23.8 Å². The number of aromatic hydroxyl groups is 1. The maximum absolute atomic E-state index is 12.8. The Morgan fingerprint density at radius 2 is 1.70 bits per heavy atom. The summed E-state index contributed by atoms with van der Waals surface area (Å²) in [7, 11) is 0. The van der Waals surface area contributed by atoms with Crippen molar-refractivity contribution in [2.75, 3.05) is 5.32 Å². The van der Waals surface area contributed by atoms with Crippen molar-refractivity contribution in [2.45, 2.75) is 12.7 Å². The monoisotopic (exact) mass is 441 g/mol. The Labute approximate surface area is 188 Å². The molecule has 0 spiro atoms. The zero-order chi connectivity index (χ0) is 22.8. The molecule has 164 valence electrons. The summed E-state index contributed by atoms with van der Waals surface area (Å²) in [5.41, 5.74) is 1.50. The van der Waals surface area contributed by atoms with Gasteiger partial charge in [0.25, 0.3) is 5.91 Å². The van der Waals surface area contributed by atoms with Crippen LogP contribution in [0.3, 0.4) is 0 Å². The predicted molar refractivity (Wildman–Crippen MR) is 123 cm³/mol. The molecule has 0 bridgehead atoms. The first-order valence-corrected chi connectivity index (χ1v) is 10.3. The van der Waals surface area contributed by atoms with Gasteiger partial charge in [0.15, 0.2) is 0 Å². The molecule has 7 heteroatoms. The summed E-state index contributed by atoms with van der Waals surface area (Å²) >= 11 is 0. The molecular formula is C26H19NO6. The van der Waals surface area contributed by atoms with Crippen LogP contribution in [0.1, 0.15) is 21.7 Å². The molecule has 2 N–H and O–H groups in total. The second-order valence-electron chi connectivity index (χ2n) is 7.50. The zero-order valence-electron chi connectivity index (χ0n) is 17.4. The van der Waals surface area contributed by atoms with E-state index in [0.29, 0.717) is 17.7 Å². The summed E-state index contributed by atoms with van der Waals surface area (Å²) < 4.78 is 17.0. The lowest BCUT2D eigenvalue weighted by atomic mass is 10.1. The van der Waals surface area contributed by atoms with E-state index in [1.54, 1.807) is 36.4 Å². The van der Waals surface area contributed by atoms with Crippen LogP contribution in [-0.4, -0.2) is 17.3 Å². The highest BCUT2D eigenvalue weighted by molar-refractivity contribution is 6.05. The minimum atomic E-state index is -0.641. The molecule has 0 radical (unpaired) electrons. The van der Waals surface area contributed by atoms with Crippen molar-refractivity contribution in [1.82, 2.24) is 0 Å². The van der Waals surface area contributed by atoms with Crippen LogP contribution in [0.15, 0.2) is 94.3 Å². The smallest absolute Gasteiger partial charge is 0.255 e. The van der Waals surface area contributed by atoms with Crippen molar-refractivity contribution in [2.24, 2.45) is 0 Å². The maximum Gasteiger partial charge on any atom is 0.255 e. The van der Waals surface area contributed by atoms with Crippen molar-refractivity contribution in [1.29, 1.82) is 0 Å². The van der Waals surface area contributed by atoms with Crippen LogP contribution in [-0.2, 0) is 15.9 Å². The molecule has 5 rings (SSSR count). The Morgan fingerprint density at radius 3 is 2.45 bits per heavy atom. The van der Waals surface area contributed by atoms with E-state index in [9.17, 15) is 14.7 Å². The van der Waals surface area contributed by atoms with Crippen molar-refractivity contribution in [3.63, 3.8) is 0 Å². The first kappa shape index (κ1) is 20.4. The second-order valence-corrected chi connectivity index (χ2v) is 7.50. The van der Waals surface area contributed by atoms with Gasteiger partial charge in [0.2, 0.25) is 29.0 Å². The van der Waals surface area contributed by atoms with Gasteiger partial charge in [-0.05, 0) is 35.9 Å². The molecule has 1 aliphatic heterocycles. The number of carbonyl (C=O) groups is 1. The van der Waals surface area contributed by atoms with Crippen LogP contribution in [0.5, 0.6) is 5.75 Å². The number of benzene rings is 3. The molecule has 1 unspecified atom stereocenters. The largest absolute Gasteiger partial charge is 0.501 e. The minimum Gasteiger partial charge on any atom is -0.501 e. The van der Waals surface area contributed by atoms with E-state index in [2.05, 4.69) is 5.32 Å². The molecule has 1 aromatic heterocycles. The Kier molecular flexibility index (Phi) is 5.28. The van der Waals surface area contributed by atoms with Gasteiger partial charge >= 0.3 is 0 Å². The van der Waals surface area contributed by atoms with Gasteiger partial charge in [-0.1, -0.05) is 48.5 Å².